The van der Waals surface area contributed by atoms with Crippen molar-refractivity contribution < 1.29 is 15.0 Å². The van der Waals surface area contributed by atoms with Crippen molar-refractivity contribution in [2.75, 3.05) is 6.61 Å². The van der Waals surface area contributed by atoms with Gasteiger partial charge in [0.1, 0.15) is 0 Å². The zero-order valence-corrected chi connectivity index (χ0v) is 36.9. The lowest BCUT2D eigenvalue weighted by molar-refractivity contribution is -0.123. The van der Waals surface area contributed by atoms with Gasteiger partial charge in [0, 0.05) is 6.42 Å². The van der Waals surface area contributed by atoms with Crippen molar-refractivity contribution in [3.8, 4) is 0 Å². The Labute approximate surface area is 348 Å². The first kappa shape index (κ1) is 53.6. The van der Waals surface area contributed by atoms with Crippen molar-refractivity contribution in [3.63, 3.8) is 0 Å². The number of hydrogen-bond acceptors (Lipinski definition) is 3. The smallest absolute Gasteiger partial charge is 0.220 e. The minimum atomic E-state index is -0.836. The molecule has 2 unspecified atom stereocenters. The van der Waals surface area contributed by atoms with Gasteiger partial charge in [-0.15, -0.1) is 0 Å². The molecule has 56 heavy (non-hydrogen) atoms. The van der Waals surface area contributed by atoms with E-state index in [1.165, 1.54) is 135 Å². The van der Waals surface area contributed by atoms with Crippen LogP contribution in [-0.4, -0.2) is 34.9 Å². The van der Waals surface area contributed by atoms with E-state index in [1.807, 2.05) is 6.08 Å². The number of nitrogens with one attached hydrogen (secondary N) is 1. The standard InChI is InChI=1S/C52H91NO3/c1-3-5-7-9-10-11-12-13-14-15-16-17-18-19-20-21-22-23-24-25-26-27-28-29-30-31-32-33-34-35-36-37-38-39-40-41-42-44-46-48-52(56)53-50(49-54)51(55)47-45-43-8-6-4-2/h5,7,10-11,13-14,16-17,19-20,22-23,45,47,50-51,54-55H,3-4,6,8-9,12,15,18,21,24-44,46,48-49H2,1-2H3,(H,53,56)/b7-5-,11-10-,14-13-,17-16-,20-19-,23-22-,47-45+. The van der Waals surface area contributed by atoms with Gasteiger partial charge in [0.15, 0.2) is 0 Å². The van der Waals surface area contributed by atoms with Gasteiger partial charge in [0.2, 0.25) is 5.91 Å². The van der Waals surface area contributed by atoms with E-state index < -0.39 is 12.1 Å². The fourth-order valence-electron chi connectivity index (χ4n) is 6.77. The lowest BCUT2D eigenvalue weighted by atomic mass is 10.0. The largest absolute Gasteiger partial charge is 0.394 e. The molecule has 4 nitrogen and oxygen atoms in total. The van der Waals surface area contributed by atoms with E-state index in [0.29, 0.717) is 6.42 Å². The number of rotatable bonds is 42. The summed E-state index contributed by atoms with van der Waals surface area (Å²) in [4.78, 5) is 12.3. The first-order valence-corrected chi connectivity index (χ1v) is 23.8. The van der Waals surface area contributed by atoms with Gasteiger partial charge >= 0.3 is 0 Å². The summed E-state index contributed by atoms with van der Waals surface area (Å²) in [5.41, 5.74) is 0. The van der Waals surface area contributed by atoms with Gasteiger partial charge in [-0.3, -0.25) is 4.79 Å². The maximum Gasteiger partial charge on any atom is 0.220 e. The van der Waals surface area contributed by atoms with Crippen LogP contribution in [0.4, 0.5) is 0 Å². The summed E-state index contributed by atoms with van der Waals surface area (Å²) in [5, 5.41) is 22.6. The van der Waals surface area contributed by atoms with Crippen LogP contribution in [0.5, 0.6) is 0 Å². The molecule has 0 aliphatic heterocycles. The topological polar surface area (TPSA) is 69.6 Å². The molecule has 0 spiro atoms. The van der Waals surface area contributed by atoms with Gasteiger partial charge in [-0.2, -0.15) is 0 Å². The maximum absolute atomic E-state index is 12.3. The molecule has 0 fully saturated rings. The van der Waals surface area contributed by atoms with Crippen molar-refractivity contribution in [1.82, 2.24) is 5.32 Å². The lowest BCUT2D eigenvalue weighted by Crippen LogP contribution is -2.45. The molecular weight excluding hydrogens is 687 g/mol. The third-order valence-corrected chi connectivity index (χ3v) is 10.4. The molecule has 3 N–H and O–H groups in total. The Morgan fingerprint density at radius 1 is 0.446 bits per heavy atom. The molecule has 0 saturated carbocycles. The fraction of sp³-hybridized carbons (Fsp3) is 0.712. The van der Waals surface area contributed by atoms with E-state index in [0.717, 1.165) is 64.2 Å². The third-order valence-electron chi connectivity index (χ3n) is 10.4. The molecule has 0 radical (unpaired) electrons. The Kier molecular flexibility index (Phi) is 44.9. The molecule has 0 aromatic heterocycles. The number of aliphatic hydroxyl groups is 2. The number of amides is 1. The van der Waals surface area contributed by atoms with Gasteiger partial charge in [-0.25, -0.2) is 0 Å². The zero-order chi connectivity index (χ0) is 40.7. The Bertz CT molecular complexity index is 1020. The highest BCUT2D eigenvalue weighted by atomic mass is 16.3. The van der Waals surface area contributed by atoms with Crippen LogP contribution >= 0.6 is 0 Å². The van der Waals surface area contributed by atoms with Crippen molar-refractivity contribution in [1.29, 1.82) is 0 Å². The van der Waals surface area contributed by atoms with E-state index in [4.69, 9.17) is 0 Å². The molecule has 0 saturated heterocycles. The molecule has 4 heteroatoms. The van der Waals surface area contributed by atoms with Crippen LogP contribution in [-0.2, 0) is 4.79 Å². The van der Waals surface area contributed by atoms with Gasteiger partial charge in [0.25, 0.3) is 0 Å². The van der Waals surface area contributed by atoms with Crippen molar-refractivity contribution in [2.45, 2.75) is 231 Å². The Hall–Kier alpha value is -2.43. The molecule has 0 aromatic rings. The normalized spacial score (nSPS) is 13.7. The van der Waals surface area contributed by atoms with E-state index in [9.17, 15) is 15.0 Å². The van der Waals surface area contributed by atoms with Crippen molar-refractivity contribution >= 4 is 5.91 Å². The zero-order valence-electron chi connectivity index (χ0n) is 36.9. The van der Waals surface area contributed by atoms with Crippen LogP contribution in [0.2, 0.25) is 0 Å². The Morgan fingerprint density at radius 2 is 0.786 bits per heavy atom. The SMILES string of the molecule is CC/C=C\C/C=C\C/C=C\C/C=C\C/C=C\C/C=C\CCCCCCCCCCCCCCCCCCCCCCC(=O)NC(CO)C(O)/C=C/CCCCC. The maximum atomic E-state index is 12.3. The van der Waals surface area contributed by atoms with Crippen LogP contribution in [0, 0.1) is 0 Å². The van der Waals surface area contributed by atoms with Crippen LogP contribution in [0.15, 0.2) is 85.1 Å². The molecule has 0 aliphatic carbocycles. The van der Waals surface area contributed by atoms with Crippen LogP contribution in [0.3, 0.4) is 0 Å². The minimum Gasteiger partial charge on any atom is -0.394 e. The summed E-state index contributed by atoms with van der Waals surface area (Å²) >= 11 is 0. The molecule has 0 bridgehead atoms. The van der Waals surface area contributed by atoms with Gasteiger partial charge < -0.3 is 15.5 Å². The minimum absolute atomic E-state index is 0.0721. The second kappa shape index (κ2) is 46.9. The van der Waals surface area contributed by atoms with E-state index >= 15 is 0 Å². The van der Waals surface area contributed by atoms with E-state index in [2.05, 4.69) is 92.1 Å². The van der Waals surface area contributed by atoms with Crippen LogP contribution in [0.25, 0.3) is 0 Å². The average Bonchev–Trinajstić information content (AvgIpc) is 3.20. The highest BCUT2D eigenvalue weighted by Gasteiger charge is 2.17. The molecule has 1 amide bonds. The quantitative estimate of drug-likeness (QED) is 0.0427. The number of aliphatic hydroxyl groups excluding tert-OH is 2. The van der Waals surface area contributed by atoms with Gasteiger partial charge in [0.05, 0.1) is 18.8 Å². The summed E-state index contributed by atoms with van der Waals surface area (Å²) in [7, 11) is 0. The van der Waals surface area contributed by atoms with Gasteiger partial charge in [-0.1, -0.05) is 227 Å². The van der Waals surface area contributed by atoms with Crippen molar-refractivity contribution in [3.05, 3.63) is 85.1 Å². The third kappa shape index (κ3) is 42.7. The molecule has 2 atom stereocenters. The molecule has 0 rings (SSSR count). The molecule has 0 heterocycles. The molecule has 0 aliphatic rings. The highest BCUT2D eigenvalue weighted by Crippen LogP contribution is 2.16. The summed E-state index contributed by atoms with van der Waals surface area (Å²) in [6.07, 6.45) is 69.0. The number of carbonyl (C=O) groups excluding carboxylic acids is 1. The summed E-state index contributed by atoms with van der Waals surface area (Å²) in [6, 6.07) is -0.619. The van der Waals surface area contributed by atoms with Crippen LogP contribution < -0.4 is 5.32 Å². The number of hydrogen-bond donors (Lipinski definition) is 3. The second-order valence-electron chi connectivity index (χ2n) is 15.8. The lowest BCUT2D eigenvalue weighted by Gasteiger charge is -2.20. The predicted molar refractivity (Wildman–Crippen MR) is 248 cm³/mol. The van der Waals surface area contributed by atoms with E-state index in [-0.39, 0.29) is 12.5 Å². The Balaban J connectivity index is 3.40. The summed E-state index contributed by atoms with van der Waals surface area (Å²) in [6.45, 7) is 4.09. The molecule has 0 aromatic carbocycles. The fourth-order valence-corrected chi connectivity index (χ4v) is 6.77. The van der Waals surface area contributed by atoms with Crippen molar-refractivity contribution in [2.24, 2.45) is 0 Å². The summed E-state index contributed by atoms with van der Waals surface area (Å²) < 4.78 is 0. The molecule has 322 valence electrons. The first-order chi connectivity index (χ1) is 27.7. The monoisotopic (exact) mass is 778 g/mol. The number of carbonyl (C=O) groups is 1. The van der Waals surface area contributed by atoms with Crippen LogP contribution in [0.1, 0.15) is 219 Å². The number of unbranched alkanes of at least 4 members (excludes halogenated alkanes) is 23. The number of allylic oxidation sites excluding steroid dienone is 13. The first-order valence-electron chi connectivity index (χ1n) is 23.8. The average molecular weight is 778 g/mol. The summed E-state index contributed by atoms with van der Waals surface area (Å²) in [5.74, 6) is -0.0721. The predicted octanol–water partition coefficient (Wildman–Crippen LogP) is 15.2. The van der Waals surface area contributed by atoms with E-state index in [1.54, 1.807) is 6.08 Å². The highest BCUT2D eigenvalue weighted by molar-refractivity contribution is 5.76. The van der Waals surface area contributed by atoms with Gasteiger partial charge in [-0.05, 0) is 70.6 Å². The Morgan fingerprint density at radius 3 is 1.18 bits per heavy atom. The second-order valence-corrected chi connectivity index (χ2v) is 15.8. The molecular formula is C52H91NO3.